The Bertz CT molecular complexity index is 977. The highest BCUT2D eigenvalue weighted by molar-refractivity contribution is 5.76. The predicted molar refractivity (Wildman–Crippen MR) is 98.1 cm³/mol. The fraction of sp³-hybridized carbons (Fsp3) is 0.350. The predicted octanol–water partition coefficient (Wildman–Crippen LogP) is 2.90. The van der Waals surface area contributed by atoms with Gasteiger partial charge in [0.25, 0.3) is 0 Å². The number of likely N-dealkylation sites (tertiary alicyclic amines) is 1. The van der Waals surface area contributed by atoms with Crippen LogP contribution in [0.2, 0.25) is 0 Å². The van der Waals surface area contributed by atoms with Gasteiger partial charge < -0.3 is 9.47 Å². The SMILES string of the molecule is O=C1OCC2(CCN(Cc3cnc4c(-c5ccccc5)cnn4c3)CC2)O1. The van der Waals surface area contributed by atoms with Crippen LogP contribution < -0.4 is 0 Å². The number of benzene rings is 1. The second kappa shape index (κ2) is 6.35. The van der Waals surface area contributed by atoms with Crippen LogP contribution in [0.3, 0.4) is 0 Å². The summed E-state index contributed by atoms with van der Waals surface area (Å²) in [7, 11) is 0. The first-order chi connectivity index (χ1) is 13.2. The van der Waals surface area contributed by atoms with Gasteiger partial charge in [-0.2, -0.15) is 5.10 Å². The standard InChI is InChI=1S/C20H20N4O3/c25-19-26-14-20(27-19)6-8-23(9-7-20)12-15-10-21-18-17(11-22-24(18)13-15)16-4-2-1-3-5-16/h1-5,10-11,13H,6-9,12,14H2. The van der Waals surface area contributed by atoms with Crippen molar-refractivity contribution in [1.82, 2.24) is 19.5 Å². The van der Waals surface area contributed by atoms with Crippen LogP contribution in [0.1, 0.15) is 18.4 Å². The van der Waals surface area contributed by atoms with Crippen molar-refractivity contribution >= 4 is 11.8 Å². The molecule has 0 N–H and O–H groups in total. The van der Waals surface area contributed by atoms with Crippen molar-refractivity contribution in [2.24, 2.45) is 0 Å². The summed E-state index contributed by atoms with van der Waals surface area (Å²) in [4.78, 5) is 18.2. The van der Waals surface area contributed by atoms with Gasteiger partial charge in [-0.15, -0.1) is 0 Å². The number of cyclic esters (lactones) is 1. The molecule has 0 bridgehead atoms. The third kappa shape index (κ3) is 3.04. The van der Waals surface area contributed by atoms with Crippen LogP contribution in [0, 0.1) is 0 Å². The lowest BCUT2D eigenvalue weighted by Gasteiger charge is -2.36. The number of hydrogen-bond acceptors (Lipinski definition) is 6. The van der Waals surface area contributed by atoms with Gasteiger partial charge >= 0.3 is 6.16 Å². The number of aromatic nitrogens is 3. The molecule has 1 aromatic carbocycles. The van der Waals surface area contributed by atoms with Gasteiger partial charge in [-0.05, 0) is 5.56 Å². The van der Waals surface area contributed by atoms with Gasteiger partial charge in [0.1, 0.15) is 6.61 Å². The number of fused-ring (bicyclic) bond motifs is 1. The molecule has 27 heavy (non-hydrogen) atoms. The molecule has 2 aliphatic heterocycles. The van der Waals surface area contributed by atoms with Crippen molar-refractivity contribution in [2.45, 2.75) is 25.0 Å². The van der Waals surface area contributed by atoms with Crippen molar-refractivity contribution in [3.63, 3.8) is 0 Å². The molecule has 0 amide bonds. The van der Waals surface area contributed by atoms with Gasteiger partial charge in [0, 0.05) is 56.0 Å². The topological polar surface area (TPSA) is 69.0 Å². The van der Waals surface area contributed by atoms with Gasteiger partial charge in [0.2, 0.25) is 0 Å². The molecule has 138 valence electrons. The zero-order valence-electron chi connectivity index (χ0n) is 14.9. The maximum atomic E-state index is 11.2. The number of hydrogen-bond donors (Lipinski definition) is 0. The van der Waals surface area contributed by atoms with Crippen LogP contribution in [0.25, 0.3) is 16.8 Å². The lowest BCUT2D eigenvalue weighted by Crippen LogP contribution is -2.45. The minimum absolute atomic E-state index is 0.378. The lowest BCUT2D eigenvalue weighted by molar-refractivity contribution is -0.00167. The first-order valence-corrected chi connectivity index (χ1v) is 9.17. The fourth-order valence-electron chi connectivity index (χ4n) is 3.87. The molecule has 0 atom stereocenters. The van der Waals surface area contributed by atoms with Crippen LogP contribution in [-0.4, -0.2) is 51.0 Å². The highest BCUT2D eigenvalue weighted by Gasteiger charge is 2.44. The Hall–Kier alpha value is -2.93. The summed E-state index contributed by atoms with van der Waals surface area (Å²) in [5.74, 6) is 0. The number of nitrogens with zero attached hydrogens (tertiary/aromatic N) is 4. The van der Waals surface area contributed by atoms with E-state index in [1.54, 1.807) is 0 Å². The zero-order chi connectivity index (χ0) is 18.3. The second-order valence-electron chi connectivity index (χ2n) is 7.25. The average Bonchev–Trinajstić information content (AvgIpc) is 3.28. The van der Waals surface area contributed by atoms with E-state index >= 15 is 0 Å². The summed E-state index contributed by atoms with van der Waals surface area (Å²) in [6, 6.07) is 10.2. The molecule has 5 rings (SSSR count). The van der Waals surface area contributed by atoms with Crippen molar-refractivity contribution in [3.05, 3.63) is 54.5 Å². The first kappa shape index (κ1) is 16.3. The molecule has 7 nitrogen and oxygen atoms in total. The van der Waals surface area contributed by atoms with Gasteiger partial charge in [0.05, 0.1) is 6.20 Å². The number of piperidine rings is 1. The highest BCUT2D eigenvalue weighted by Crippen LogP contribution is 2.32. The van der Waals surface area contributed by atoms with Crippen molar-refractivity contribution in [1.29, 1.82) is 0 Å². The monoisotopic (exact) mass is 364 g/mol. The smallest absolute Gasteiger partial charge is 0.430 e. The third-order valence-electron chi connectivity index (χ3n) is 5.42. The summed E-state index contributed by atoms with van der Waals surface area (Å²) < 4.78 is 12.2. The minimum Gasteiger partial charge on any atom is -0.430 e. The molecule has 0 unspecified atom stereocenters. The van der Waals surface area contributed by atoms with E-state index in [0.29, 0.717) is 6.61 Å². The third-order valence-corrected chi connectivity index (χ3v) is 5.42. The van der Waals surface area contributed by atoms with Gasteiger partial charge in [-0.1, -0.05) is 30.3 Å². The maximum absolute atomic E-state index is 11.2. The largest absolute Gasteiger partial charge is 0.509 e. The summed E-state index contributed by atoms with van der Waals surface area (Å²) in [5.41, 5.74) is 3.70. The van der Waals surface area contributed by atoms with Crippen LogP contribution in [0.15, 0.2) is 48.9 Å². The molecule has 0 saturated carbocycles. The molecule has 0 radical (unpaired) electrons. The number of carbonyl (C=O) groups excluding carboxylic acids is 1. The minimum atomic E-state index is -0.536. The van der Waals surface area contributed by atoms with E-state index in [-0.39, 0.29) is 0 Å². The number of rotatable bonds is 3. The normalized spacial score (nSPS) is 19.3. The Morgan fingerprint density at radius 2 is 1.93 bits per heavy atom. The van der Waals surface area contributed by atoms with Crippen LogP contribution in [0.5, 0.6) is 0 Å². The molecule has 2 saturated heterocycles. The first-order valence-electron chi connectivity index (χ1n) is 9.17. The molecular formula is C20H20N4O3. The molecule has 2 aromatic heterocycles. The van der Waals surface area contributed by atoms with E-state index in [4.69, 9.17) is 9.47 Å². The molecule has 2 aliphatic rings. The number of carbonyl (C=O) groups is 1. The van der Waals surface area contributed by atoms with Crippen molar-refractivity contribution in [3.8, 4) is 11.1 Å². The van der Waals surface area contributed by atoms with E-state index in [9.17, 15) is 4.79 Å². The molecule has 7 heteroatoms. The molecule has 4 heterocycles. The average molecular weight is 364 g/mol. The summed E-state index contributed by atoms with van der Waals surface area (Å²) >= 11 is 0. The quantitative estimate of drug-likeness (QED) is 0.666. The van der Waals surface area contributed by atoms with Gasteiger partial charge in [0.15, 0.2) is 11.2 Å². The van der Waals surface area contributed by atoms with E-state index in [1.807, 2.05) is 41.3 Å². The Morgan fingerprint density at radius 3 is 2.67 bits per heavy atom. The lowest BCUT2D eigenvalue weighted by atomic mass is 9.92. The molecule has 1 spiro atoms. The van der Waals surface area contributed by atoms with E-state index in [0.717, 1.165) is 54.8 Å². The Labute approximate surface area is 156 Å². The van der Waals surface area contributed by atoms with E-state index in [1.165, 1.54) is 0 Å². The molecule has 2 fully saturated rings. The highest BCUT2D eigenvalue weighted by atomic mass is 16.8. The Kier molecular flexibility index (Phi) is 3.82. The fourth-order valence-corrected chi connectivity index (χ4v) is 3.87. The maximum Gasteiger partial charge on any atom is 0.509 e. The van der Waals surface area contributed by atoms with Crippen LogP contribution in [0.4, 0.5) is 4.79 Å². The Morgan fingerprint density at radius 1 is 1.11 bits per heavy atom. The van der Waals surface area contributed by atoms with Crippen LogP contribution >= 0.6 is 0 Å². The van der Waals surface area contributed by atoms with Gasteiger partial charge in [-0.25, -0.2) is 14.3 Å². The summed E-state index contributed by atoms with van der Waals surface area (Å²) in [6.07, 6.45) is 6.89. The van der Waals surface area contributed by atoms with Crippen molar-refractivity contribution < 1.29 is 14.3 Å². The summed E-state index contributed by atoms with van der Waals surface area (Å²) in [5, 5.41) is 4.48. The zero-order valence-corrected chi connectivity index (χ0v) is 14.9. The van der Waals surface area contributed by atoms with E-state index in [2.05, 4.69) is 27.1 Å². The second-order valence-corrected chi connectivity index (χ2v) is 7.25. The molecule has 3 aromatic rings. The molecular weight excluding hydrogens is 344 g/mol. The van der Waals surface area contributed by atoms with Crippen molar-refractivity contribution in [2.75, 3.05) is 19.7 Å². The number of ether oxygens (including phenoxy) is 2. The Balaban J connectivity index is 1.30. The van der Waals surface area contributed by atoms with E-state index < -0.39 is 11.8 Å². The molecule has 0 aliphatic carbocycles. The van der Waals surface area contributed by atoms with Gasteiger partial charge in [-0.3, -0.25) is 4.90 Å². The van der Waals surface area contributed by atoms with Crippen LogP contribution in [-0.2, 0) is 16.0 Å². The summed E-state index contributed by atoms with van der Waals surface area (Å²) in [6.45, 7) is 2.91.